The molecule has 2 aromatic rings. The van der Waals surface area contributed by atoms with Crippen molar-refractivity contribution in [3.8, 4) is 5.75 Å². The Bertz CT molecular complexity index is 845. The number of rotatable bonds is 4. The van der Waals surface area contributed by atoms with Crippen LogP contribution in [0.5, 0.6) is 5.75 Å². The zero-order valence-electron chi connectivity index (χ0n) is 13.6. The summed E-state index contributed by atoms with van der Waals surface area (Å²) in [5, 5.41) is 2.59. The average Bonchev–Trinajstić information content (AvgIpc) is 2.63. The molecule has 126 valence electrons. The lowest BCUT2D eigenvalue weighted by Crippen LogP contribution is -2.52. The van der Waals surface area contributed by atoms with Crippen LogP contribution in [0.25, 0.3) is 6.08 Å². The number of nitrogens with zero attached hydrogens (tertiary/aromatic N) is 1. The van der Waals surface area contributed by atoms with Crippen molar-refractivity contribution < 1.29 is 14.3 Å². The Balaban J connectivity index is 1.71. The molecule has 3 rings (SSSR count). The van der Waals surface area contributed by atoms with Gasteiger partial charge in [0.05, 0.1) is 0 Å². The van der Waals surface area contributed by atoms with Gasteiger partial charge in [0.2, 0.25) is 0 Å². The molecule has 0 aliphatic carbocycles. The van der Waals surface area contributed by atoms with E-state index in [0.717, 1.165) is 11.1 Å². The average molecular weight is 352 g/mol. The monoisotopic (exact) mass is 352 g/mol. The largest absolute Gasteiger partial charge is 0.489 e. The molecule has 1 aliphatic heterocycles. The van der Waals surface area contributed by atoms with Gasteiger partial charge in [-0.25, -0.2) is 0 Å². The van der Waals surface area contributed by atoms with E-state index in [1.807, 2.05) is 30.3 Å². The Morgan fingerprint density at radius 3 is 2.44 bits per heavy atom. The minimum absolute atomic E-state index is 0.0500. The van der Waals surface area contributed by atoms with Gasteiger partial charge in [-0.15, -0.1) is 0 Å². The lowest BCUT2D eigenvalue weighted by atomic mass is 10.1. The van der Waals surface area contributed by atoms with E-state index in [4.69, 9.17) is 17.0 Å². The normalized spacial score (nSPS) is 16.1. The van der Waals surface area contributed by atoms with Gasteiger partial charge in [-0.2, -0.15) is 0 Å². The third kappa shape index (κ3) is 3.92. The highest BCUT2D eigenvalue weighted by Gasteiger charge is 2.30. The molecule has 0 saturated carbocycles. The predicted molar refractivity (Wildman–Crippen MR) is 98.7 cm³/mol. The molecule has 0 aromatic heterocycles. The van der Waals surface area contributed by atoms with E-state index in [1.165, 1.54) is 18.0 Å². The van der Waals surface area contributed by atoms with Crippen molar-refractivity contribution in [1.29, 1.82) is 0 Å². The van der Waals surface area contributed by atoms with Gasteiger partial charge < -0.3 is 4.74 Å². The highest BCUT2D eigenvalue weighted by atomic mass is 32.1. The molecular weight excluding hydrogens is 336 g/mol. The molecule has 0 atom stereocenters. The number of carbonyl (C=O) groups is 2. The minimum Gasteiger partial charge on any atom is -0.489 e. The summed E-state index contributed by atoms with van der Waals surface area (Å²) in [6.45, 7) is 0.477. The number of ether oxygens (including phenoxy) is 1. The zero-order valence-corrected chi connectivity index (χ0v) is 14.4. The third-order valence-corrected chi connectivity index (χ3v) is 4.12. The van der Waals surface area contributed by atoms with E-state index in [-0.39, 0.29) is 10.7 Å². The van der Waals surface area contributed by atoms with E-state index in [9.17, 15) is 9.59 Å². The Labute approximate surface area is 150 Å². The van der Waals surface area contributed by atoms with Crippen LogP contribution < -0.4 is 10.1 Å². The summed E-state index contributed by atoms with van der Waals surface area (Å²) in [7, 11) is 1.53. The van der Waals surface area contributed by atoms with Crippen LogP contribution in [0.2, 0.25) is 0 Å². The number of carbonyl (C=O) groups excluding carboxylic acids is 2. The van der Waals surface area contributed by atoms with Gasteiger partial charge in [-0.3, -0.25) is 19.8 Å². The molecule has 2 amide bonds. The van der Waals surface area contributed by atoms with Crippen LogP contribution in [0.15, 0.2) is 60.2 Å². The van der Waals surface area contributed by atoms with Crippen LogP contribution in [0, 0.1) is 0 Å². The van der Waals surface area contributed by atoms with Gasteiger partial charge >= 0.3 is 0 Å². The number of amides is 2. The maximum Gasteiger partial charge on any atom is 0.265 e. The van der Waals surface area contributed by atoms with E-state index < -0.39 is 11.8 Å². The molecule has 1 saturated heterocycles. The van der Waals surface area contributed by atoms with Crippen LogP contribution in [0.1, 0.15) is 11.1 Å². The molecule has 0 radical (unpaired) electrons. The maximum absolute atomic E-state index is 12.2. The maximum atomic E-state index is 12.2. The van der Waals surface area contributed by atoms with Gasteiger partial charge in [0.1, 0.15) is 17.9 Å². The SMILES string of the molecule is CN1C(=O)/C(=C/c2ccc(OCc3ccccc3)cc2)C(=O)NC1=S. The molecule has 1 aliphatic rings. The fraction of sp³-hybridized carbons (Fsp3) is 0.105. The summed E-state index contributed by atoms with van der Waals surface area (Å²) in [5.41, 5.74) is 1.86. The molecule has 5 nitrogen and oxygen atoms in total. The summed E-state index contributed by atoms with van der Waals surface area (Å²) < 4.78 is 5.72. The quantitative estimate of drug-likeness (QED) is 0.522. The fourth-order valence-corrected chi connectivity index (χ4v) is 2.49. The van der Waals surface area contributed by atoms with Gasteiger partial charge in [0.15, 0.2) is 5.11 Å². The second-order valence-corrected chi connectivity index (χ2v) is 5.91. The Morgan fingerprint density at radius 1 is 1.08 bits per heavy atom. The van der Waals surface area contributed by atoms with E-state index in [2.05, 4.69) is 5.32 Å². The van der Waals surface area contributed by atoms with Crippen molar-refractivity contribution in [1.82, 2.24) is 10.2 Å². The van der Waals surface area contributed by atoms with Crippen molar-refractivity contribution in [2.75, 3.05) is 7.05 Å². The second-order valence-electron chi connectivity index (χ2n) is 5.52. The number of nitrogens with one attached hydrogen (secondary N) is 1. The van der Waals surface area contributed by atoms with Crippen LogP contribution in [-0.4, -0.2) is 28.9 Å². The third-order valence-electron chi connectivity index (χ3n) is 3.74. The molecule has 1 N–H and O–H groups in total. The van der Waals surface area contributed by atoms with E-state index in [0.29, 0.717) is 12.4 Å². The smallest absolute Gasteiger partial charge is 0.265 e. The molecule has 1 heterocycles. The number of hydrogen-bond donors (Lipinski definition) is 1. The van der Waals surface area contributed by atoms with Crippen molar-refractivity contribution in [2.24, 2.45) is 0 Å². The first-order valence-electron chi connectivity index (χ1n) is 7.66. The summed E-state index contributed by atoms with van der Waals surface area (Å²) >= 11 is 4.92. The molecule has 6 heteroatoms. The Kier molecular flexibility index (Phi) is 4.90. The number of thiocarbonyl (C=S) groups is 1. The van der Waals surface area contributed by atoms with Crippen molar-refractivity contribution >= 4 is 35.2 Å². The lowest BCUT2D eigenvalue weighted by molar-refractivity contribution is -0.128. The standard InChI is InChI=1S/C19H16N2O3S/c1-21-18(23)16(17(22)20-19(21)25)11-13-7-9-15(10-8-13)24-12-14-5-3-2-4-6-14/h2-11H,12H2,1H3,(H,20,22,25)/b16-11+. The Morgan fingerprint density at radius 2 is 1.76 bits per heavy atom. The number of benzene rings is 2. The number of hydrogen-bond acceptors (Lipinski definition) is 4. The molecule has 25 heavy (non-hydrogen) atoms. The van der Waals surface area contributed by atoms with Crippen LogP contribution in [0.3, 0.4) is 0 Å². The number of likely N-dealkylation sites (N-methyl/N-ethyl adjacent to an activating group) is 1. The molecule has 1 fully saturated rings. The first-order valence-corrected chi connectivity index (χ1v) is 8.07. The summed E-state index contributed by atoms with van der Waals surface area (Å²) in [6, 6.07) is 17.1. The van der Waals surface area contributed by atoms with Gasteiger partial charge in [-0.05, 0) is 41.6 Å². The van der Waals surface area contributed by atoms with Crippen molar-refractivity contribution in [3.05, 3.63) is 71.3 Å². The predicted octanol–water partition coefficient (Wildman–Crippen LogP) is 2.52. The van der Waals surface area contributed by atoms with Crippen LogP contribution >= 0.6 is 12.2 Å². The molecular formula is C19H16N2O3S. The fourth-order valence-electron chi connectivity index (χ4n) is 2.31. The molecule has 0 unspecified atom stereocenters. The first kappa shape index (κ1) is 16.9. The molecule has 0 bridgehead atoms. The minimum atomic E-state index is -0.488. The van der Waals surface area contributed by atoms with Gasteiger partial charge in [0.25, 0.3) is 11.8 Å². The van der Waals surface area contributed by atoms with E-state index >= 15 is 0 Å². The summed E-state index contributed by atoms with van der Waals surface area (Å²) in [6.07, 6.45) is 1.54. The van der Waals surface area contributed by atoms with Crippen molar-refractivity contribution in [2.45, 2.75) is 6.61 Å². The summed E-state index contributed by atoms with van der Waals surface area (Å²) in [5.74, 6) is -0.195. The van der Waals surface area contributed by atoms with Crippen molar-refractivity contribution in [3.63, 3.8) is 0 Å². The topological polar surface area (TPSA) is 58.6 Å². The van der Waals surface area contributed by atoms with Gasteiger partial charge in [0, 0.05) is 7.05 Å². The highest BCUT2D eigenvalue weighted by Crippen LogP contribution is 2.18. The Hall–Kier alpha value is -2.99. The van der Waals surface area contributed by atoms with Gasteiger partial charge in [-0.1, -0.05) is 42.5 Å². The second kappa shape index (κ2) is 7.27. The van der Waals surface area contributed by atoms with Crippen LogP contribution in [-0.2, 0) is 16.2 Å². The molecule has 0 spiro atoms. The molecule has 2 aromatic carbocycles. The van der Waals surface area contributed by atoms with E-state index in [1.54, 1.807) is 24.3 Å². The summed E-state index contributed by atoms with van der Waals surface area (Å²) in [4.78, 5) is 25.3. The lowest BCUT2D eigenvalue weighted by Gasteiger charge is -2.25. The first-order chi connectivity index (χ1) is 12.0. The van der Waals surface area contributed by atoms with Crippen LogP contribution in [0.4, 0.5) is 0 Å². The zero-order chi connectivity index (χ0) is 17.8. The highest BCUT2D eigenvalue weighted by molar-refractivity contribution is 7.80.